The Bertz CT molecular complexity index is 913. The fourth-order valence-electron chi connectivity index (χ4n) is 2.16. The van der Waals surface area contributed by atoms with E-state index in [-0.39, 0.29) is 18.1 Å². The van der Waals surface area contributed by atoms with Crippen LogP contribution in [0.15, 0.2) is 55.2 Å². The molecule has 10 heteroatoms. The number of aromatic nitrogens is 4. The molecule has 0 atom stereocenters. The number of nitrogens with zero attached hydrogens (tertiary/aromatic N) is 4. The molecule has 0 aliphatic carbocycles. The Labute approximate surface area is 151 Å². The summed E-state index contributed by atoms with van der Waals surface area (Å²) in [6.45, 7) is -1.28. The molecule has 0 bridgehead atoms. The lowest BCUT2D eigenvalue weighted by Gasteiger charge is -2.10. The SMILES string of the molecule is O=C(NCc1ccnc(-n2ccnc2)c1)c1cccc(OCC(F)(F)F)n1. The van der Waals surface area contributed by atoms with Gasteiger partial charge in [-0.3, -0.25) is 9.36 Å². The Kier molecular flexibility index (Phi) is 5.34. The Morgan fingerprint density at radius 2 is 2.07 bits per heavy atom. The second kappa shape index (κ2) is 7.85. The summed E-state index contributed by atoms with van der Waals surface area (Å²) in [4.78, 5) is 24.1. The van der Waals surface area contributed by atoms with Crippen molar-refractivity contribution in [3.05, 3.63) is 66.5 Å². The topological polar surface area (TPSA) is 81.9 Å². The molecule has 3 heterocycles. The third-order valence-corrected chi connectivity index (χ3v) is 3.37. The molecule has 3 aromatic rings. The molecule has 3 aromatic heterocycles. The molecule has 0 unspecified atom stereocenters. The van der Waals surface area contributed by atoms with Gasteiger partial charge in [0.2, 0.25) is 5.88 Å². The van der Waals surface area contributed by atoms with Crippen molar-refractivity contribution in [2.24, 2.45) is 0 Å². The summed E-state index contributed by atoms with van der Waals surface area (Å²) < 4.78 is 42.9. The smallest absolute Gasteiger partial charge is 0.422 e. The van der Waals surface area contributed by atoms with Crippen LogP contribution in [0.2, 0.25) is 0 Å². The van der Waals surface area contributed by atoms with Crippen molar-refractivity contribution >= 4 is 5.91 Å². The molecule has 3 rings (SSSR count). The number of rotatable bonds is 6. The van der Waals surface area contributed by atoms with Crippen molar-refractivity contribution in [2.45, 2.75) is 12.7 Å². The summed E-state index contributed by atoms with van der Waals surface area (Å²) in [5.74, 6) is -0.167. The van der Waals surface area contributed by atoms with E-state index in [0.29, 0.717) is 5.82 Å². The number of carbonyl (C=O) groups excluding carboxylic acids is 1. The summed E-state index contributed by atoms with van der Waals surface area (Å²) in [6.07, 6.45) is 2.08. The fraction of sp³-hybridized carbons (Fsp3) is 0.176. The molecule has 0 radical (unpaired) electrons. The van der Waals surface area contributed by atoms with E-state index in [9.17, 15) is 18.0 Å². The van der Waals surface area contributed by atoms with Gasteiger partial charge in [0.25, 0.3) is 5.91 Å². The number of alkyl halides is 3. The van der Waals surface area contributed by atoms with Gasteiger partial charge < -0.3 is 10.1 Å². The number of nitrogens with one attached hydrogen (secondary N) is 1. The summed E-state index contributed by atoms with van der Waals surface area (Å²) in [7, 11) is 0. The van der Waals surface area contributed by atoms with Crippen molar-refractivity contribution in [2.75, 3.05) is 6.61 Å². The normalized spacial score (nSPS) is 11.2. The average molecular weight is 377 g/mol. The van der Waals surface area contributed by atoms with E-state index in [2.05, 4.69) is 25.0 Å². The molecule has 1 amide bonds. The first-order valence-electron chi connectivity index (χ1n) is 7.79. The zero-order valence-electron chi connectivity index (χ0n) is 13.8. The summed E-state index contributed by atoms with van der Waals surface area (Å²) in [5, 5.41) is 2.66. The maximum atomic E-state index is 12.2. The minimum Gasteiger partial charge on any atom is -0.468 e. The first-order chi connectivity index (χ1) is 12.9. The second-order valence-corrected chi connectivity index (χ2v) is 5.44. The monoisotopic (exact) mass is 377 g/mol. The lowest BCUT2D eigenvalue weighted by Crippen LogP contribution is -2.24. The molecule has 7 nitrogen and oxygen atoms in total. The molecule has 1 N–H and O–H groups in total. The van der Waals surface area contributed by atoms with Crippen molar-refractivity contribution in [1.29, 1.82) is 0 Å². The quantitative estimate of drug-likeness (QED) is 0.714. The van der Waals surface area contributed by atoms with Gasteiger partial charge in [0.05, 0.1) is 0 Å². The Morgan fingerprint density at radius 3 is 2.81 bits per heavy atom. The zero-order valence-corrected chi connectivity index (χ0v) is 13.8. The van der Waals surface area contributed by atoms with E-state index in [1.54, 1.807) is 41.6 Å². The number of halogens is 3. The first kappa shape index (κ1) is 18.4. The van der Waals surface area contributed by atoms with Crippen molar-refractivity contribution in [1.82, 2.24) is 24.8 Å². The van der Waals surface area contributed by atoms with Crippen LogP contribution in [-0.2, 0) is 6.54 Å². The van der Waals surface area contributed by atoms with Gasteiger partial charge in [-0.05, 0) is 23.8 Å². The molecule has 0 aromatic carbocycles. The maximum absolute atomic E-state index is 12.2. The van der Waals surface area contributed by atoms with Crippen molar-refractivity contribution in [3.8, 4) is 11.7 Å². The first-order valence-corrected chi connectivity index (χ1v) is 7.79. The lowest BCUT2D eigenvalue weighted by atomic mass is 10.2. The van der Waals surface area contributed by atoms with E-state index in [1.807, 2.05) is 0 Å². The molecular formula is C17H14F3N5O2. The van der Waals surface area contributed by atoms with Crippen LogP contribution in [0.5, 0.6) is 5.88 Å². The highest BCUT2D eigenvalue weighted by atomic mass is 19.4. The molecule has 0 spiro atoms. The number of carbonyl (C=O) groups is 1. The van der Waals surface area contributed by atoms with Crippen LogP contribution in [0.4, 0.5) is 13.2 Å². The number of hydrogen-bond acceptors (Lipinski definition) is 5. The highest BCUT2D eigenvalue weighted by Gasteiger charge is 2.28. The number of pyridine rings is 2. The summed E-state index contributed by atoms with van der Waals surface area (Å²) in [5.41, 5.74) is 0.741. The fourth-order valence-corrected chi connectivity index (χ4v) is 2.16. The van der Waals surface area contributed by atoms with Crippen LogP contribution in [-0.4, -0.2) is 38.2 Å². The lowest BCUT2D eigenvalue weighted by molar-refractivity contribution is -0.154. The summed E-state index contributed by atoms with van der Waals surface area (Å²) >= 11 is 0. The van der Waals surface area contributed by atoms with Crippen molar-refractivity contribution in [3.63, 3.8) is 0 Å². The van der Waals surface area contributed by atoms with Crippen LogP contribution in [0, 0.1) is 0 Å². The molecule has 27 heavy (non-hydrogen) atoms. The molecule has 0 saturated heterocycles. The van der Waals surface area contributed by atoms with Gasteiger partial charge in [-0.2, -0.15) is 13.2 Å². The largest absolute Gasteiger partial charge is 0.468 e. The molecule has 0 saturated carbocycles. The van der Waals surface area contributed by atoms with Crippen LogP contribution in [0.1, 0.15) is 16.1 Å². The van der Waals surface area contributed by atoms with E-state index in [4.69, 9.17) is 0 Å². The third-order valence-electron chi connectivity index (χ3n) is 3.37. The maximum Gasteiger partial charge on any atom is 0.422 e. The van der Waals surface area contributed by atoms with Gasteiger partial charge in [0.1, 0.15) is 17.8 Å². The molecule has 140 valence electrons. The molecule has 0 fully saturated rings. The van der Waals surface area contributed by atoms with Crippen LogP contribution in [0.25, 0.3) is 5.82 Å². The Balaban J connectivity index is 1.62. The third kappa shape index (κ3) is 5.27. The summed E-state index contributed by atoms with van der Waals surface area (Å²) in [6, 6.07) is 7.55. The minimum atomic E-state index is -4.48. The van der Waals surface area contributed by atoms with E-state index in [0.717, 1.165) is 5.56 Å². The van der Waals surface area contributed by atoms with Crippen molar-refractivity contribution < 1.29 is 22.7 Å². The number of ether oxygens (including phenoxy) is 1. The Hall–Kier alpha value is -3.43. The van der Waals surface area contributed by atoms with E-state index >= 15 is 0 Å². The molecule has 0 aliphatic rings. The highest BCUT2D eigenvalue weighted by Crippen LogP contribution is 2.17. The van der Waals surface area contributed by atoms with Gasteiger partial charge in [-0.15, -0.1) is 0 Å². The molecular weight excluding hydrogens is 363 g/mol. The van der Waals surface area contributed by atoms with Gasteiger partial charge in [0.15, 0.2) is 6.61 Å². The number of imidazole rings is 1. The highest BCUT2D eigenvalue weighted by molar-refractivity contribution is 5.92. The molecule has 0 aliphatic heterocycles. The minimum absolute atomic E-state index is 0.0430. The second-order valence-electron chi connectivity index (χ2n) is 5.44. The standard InChI is InChI=1S/C17H14F3N5O2/c18-17(19,20)10-27-15-3-1-2-13(24-15)16(26)23-9-12-4-5-22-14(8-12)25-7-6-21-11-25/h1-8,11H,9-10H2,(H,23,26). The van der Waals surface area contributed by atoms with Crippen LogP contribution < -0.4 is 10.1 Å². The zero-order chi connectivity index (χ0) is 19.3. The number of amides is 1. The van der Waals surface area contributed by atoms with Gasteiger partial charge in [0, 0.05) is 31.2 Å². The number of hydrogen-bond donors (Lipinski definition) is 1. The van der Waals surface area contributed by atoms with Crippen LogP contribution in [0.3, 0.4) is 0 Å². The van der Waals surface area contributed by atoms with Gasteiger partial charge in [-0.25, -0.2) is 15.0 Å². The van der Waals surface area contributed by atoms with Gasteiger partial charge >= 0.3 is 6.18 Å². The predicted molar refractivity (Wildman–Crippen MR) is 88.3 cm³/mol. The van der Waals surface area contributed by atoms with E-state index in [1.165, 1.54) is 18.2 Å². The van der Waals surface area contributed by atoms with E-state index < -0.39 is 18.7 Å². The Morgan fingerprint density at radius 1 is 1.22 bits per heavy atom. The predicted octanol–water partition coefficient (Wildman–Crippen LogP) is 2.53. The average Bonchev–Trinajstić information content (AvgIpc) is 3.19. The van der Waals surface area contributed by atoms with Gasteiger partial charge in [-0.1, -0.05) is 6.07 Å². The van der Waals surface area contributed by atoms with Crippen LogP contribution >= 0.6 is 0 Å².